The van der Waals surface area contributed by atoms with Gasteiger partial charge in [0.25, 0.3) is 11.8 Å². The Morgan fingerprint density at radius 1 is 1.22 bits per heavy atom. The van der Waals surface area contributed by atoms with E-state index in [4.69, 9.17) is 9.47 Å². The number of ether oxygens (including phenoxy) is 2. The zero-order valence-corrected chi connectivity index (χ0v) is 20.1. The largest absolute Gasteiger partial charge is 0.493 e. The lowest BCUT2D eigenvalue weighted by Gasteiger charge is -2.32. The first-order chi connectivity index (χ1) is 17.4. The lowest BCUT2D eigenvalue weighted by molar-refractivity contribution is -0.272. The van der Waals surface area contributed by atoms with Gasteiger partial charge >= 0.3 is 6.18 Å². The number of pyridine rings is 1. The summed E-state index contributed by atoms with van der Waals surface area (Å²) in [4.78, 5) is 29.7. The molecule has 2 aromatic rings. The summed E-state index contributed by atoms with van der Waals surface area (Å²) in [5.41, 5.74) is -2.85. The molecule has 3 heterocycles. The fourth-order valence-corrected chi connectivity index (χ4v) is 4.54. The number of hydrogen-bond acceptors (Lipinski definition) is 6. The minimum absolute atomic E-state index is 0.00985. The van der Waals surface area contributed by atoms with Gasteiger partial charge in [-0.05, 0) is 25.1 Å². The predicted octanol–water partition coefficient (Wildman–Crippen LogP) is 3.15. The first-order valence-corrected chi connectivity index (χ1v) is 11.4. The van der Waals surface area contributed by atoms with Crippen LogP contribution in [0, 0.1) is 17.6 Å². The van der Waals surface area contributed by atoms with Crippen LogP contribution in [-0.4, -0.2) is 60.9 Å². The molecule has 0 aliphatic carbocycles. The second kappa shape index (κ2) is 9.86. The number of hydrogen-bond donors (Lipinski definition) is 3. The van der Waals surface area contributed by atoms with Gasteiger partial charge in [0.15, 0.2) is 17.2 Å². The number of alkyl halides is 3. The molecule has 1 aromatic carbocycles. The van der Waals surface area contributed by atoms with Crippen molar-refractivity contribution in [3.05, 3.63) is 53.4 Å². The van der Waals surface area contributed by atoms with Crippen LogP contribution in [0.1, 0.15) is 35.8 Å². The summed E-state index contributed by atoms with van der Waals surface area (Å²) in [5.74, 6) is -7.47. The Morgan fingerprint density at radius 2 is 1.92 bits per heavy atom. The minimum Gasteiger partial charge on any atom is -0.493 e. The van der Waals surface area contributed by atoms with Crippen LogP contribution in [0.5, 0.6) is 5.75 Å². The monoisotopic (exact) mass is 528 g/mol. The third-order valence-corrected chi connectivity index (χ3v) is 6.95. The standard InChI is InChI=1S/C24H25F5N4O4/c1-11-17(14-4-5-15(25)18(26)19(14)36-3)20(37-23(11,2)24(27,28)29)22(35)32-12-6-7-31-16(8-12)21(34)33-13-9-30-10-13/h4-8,11,13,17,20,30H,9-10H2,1-3H3,(H,33,34)(H,31,32,35)/t11-,17-,20+,23+/m0/s1. The molecule has 2 aliphatic heterocycles. The number of halogens is 5. The van der Waals surface area contributed by atoms with Crippen LogP contribution < -0.4 is 20.7 Å². The SMILES string of the molecule is COc1c([C@H]2[C@H](C(=O)Nc3ccnc(C(=O)NC4CNC4)c3)O[C@@](C)(C(F)(F)F)[C@H]2C)ccc(F)c1F. The van der Waals surface area contributed by atoms with Crippen molar-refractivity contribution in [3.8, 4) is 5.75 Å². The molecule has 1 aromatic heterocycles. The highest BCUT2D eigenvalue weighted by Crippen LogP contribution is 2.55. The Bertz CT molecular complexity index is 1210. The van der Waals surface area contributed by atoms with Gasteiger partial charge in [0.1, 0.15) is 11.8 Å². The summed E-state index contributed by atoms with van der Waals surface area (Å²) >= 11 is 0. The third kappa shape index (κ3) is 4.85. The highest BCUT2D eigenvalue weighted by molar-refractivity contribution is 5.98. The van der Waals surface area contributed by atoms with Gasteiger partial charge in [0.05, 0.1) is 13.2 Å². The summed E-state index contributed by atoms with van der Waals surface area (Å²) in [6.07, 6.45) is -5.38. The predicted molar refractivity (Wildman–Crippen MR) is 121 cm³/mol. The molecule has 200 valence electrons. The average Bonchev–Trinajstić information content (AvgIpc) is 3.10. The van der Waals surface area contributed by atoms with Crippen LogP contribution in [0.15, 0.2) is 30.5 Å². The molecule has 2 fully saturated rings. The molecule has 4 rings (SSSR count). The molecule has 0 radical (unpaired) electrons. The van der Waals surface area contributed by atoms with Crippen LogP contribution >= 0.6 is 0 Å². The van der Waals surface area contributed by atoms with Gasteiger partial charge < -0.3 is 25.4 Å². The zero-order chi connectivity index (χ0) is 27.1. The number of carbonyl (C=O) groups excluding carboxylic acids is 2. The fourth-order valence-electron chi connectivity index (χ4n) is 4.54. The van der Waals surface area contributed by atoms with Crippen molar-refractivity contribution in [1.82, 2.24) is 15.6 Å². The highest BCUT2D eigenvalue weighted by Gasteiger charge is 2.65. The van der Waals surface area contributed by atoms with Gasteiger partial charge in [-0.3, -0.25) is 14.6 Å². The molecule has 2 aliphatic rings. The molecule has 0 unspecified atom stereocenters. The number of carbonyl (C=O) groups is 2. The van der Waals surface area contributed by atoms with E-state index in [1.165, 1.54) is 25.3 Å². The van der Waals surface area contributed by atoms with Crippen LogP contribution in [-0.2, 0) is 9.53 Å². The van der Waals surface area contributed by atoms with Gasteiger partial charge in [0, 0.05) is 42.4 Å². The van der Waals surface area contributed by atoms with Crippen LogP contribution in [0.4, 0.5) is 27.6 Å². The maximum atomic E-state index is 14.5. The smallest absolute Gasteiger partial charge is 0.417 e. The average molecular weight is 528 g/mol. The van der Waals surface area contributed by atoms with Gasteiger partial charge in [-0.15, -0.1) is 0 Å². The Balaban J connectivity index is 1.66. The quantitative estimate of drug-likeness (QED) is 0.498. The van der Waals surface area contributed by atoms with E-state index in [0.29, 0.717) is 13.1 Å². The van der Waals surface area contributed by atoms with Crippen LogP contribution in [0.25, 0.3) is 0 Å². The van der Waals surface area contributed by atoms with Crippen molar-refractivity contribution >= 4 is 17.5 Å². The first kappa shape index (κ1) is 26.7. The maximum absolute atomic E-state index is 14.5. The summed E-state index contributed by atoms with van der Waals surface area (Å²) in [7, 11) is 1.04. The number of rotatable bonds is 6. The van der Waals surface area contributed by atoms with Crippen molar-refractivity contribution < 1.29 is 41.0 Å². The summed E-state index contributed by atoms with van der Waals surface area (Å²) in [6, 6.07) is 4.40. The molecule has 0 bridgehead atoms. The highest BCUT2D eigenvalue weighted by atomic mass is 19.4. The van der Waals surface area contributed by atoms with E-state index in [1.807, 2.05) is 0 Å². The van der Waals surface area contributed by atoms with E-state index in [2.05, 4.69) is 20.9 Å². The molecule has 0 saturated carbocycles. The normalized spacial score (nSPS) is 25.9. The molecule has 13 heteroatoms. The third-order valence-electron chi connectivity index (χ3n) is 6.95. The van der Waals surface area contributed by atoms with Crippen molar-refractivity contribution in [1.29, 1.82) is 0 Å². The number of nitrogens with one attached hydrogen (secondary N) is 3. The Hall–Kier alpha value is -3.32. The van der Waals surface area contributed by atoms with Crippen LogP contribution in [0.3, 0.4) is 0 Å². The molecule has 2 amide bonds. The number of benzene rings is 1. The molecule has 37 heavy (non-hydrogen) atoms. The molecule has 8 nitrogen and oxygen atoms in total. The van der Waals surface area contributed by atoms with E-state index in [1.54, 1.807) is 0 Å². The van der Waals surface area contributed by atoms with E-state index in [-0.39, 0.29) is 23.0 Å². The maximum Gasteiger partial charge on any atom is 0.417 e. The number of anilines is 1. The summed E-state index contributed by atoms with van der Waals surface area (Å²) in [6.45, 7) is 3.23. The topological polar surface area (TPSA) is 102 Å². The number of nitrogens with zero attached hydrogens (tertiary/aromatic N) is 1. The fraction of sp³-hybridized carbons (Fsp3) is 0.458. The van der Waals surface area contributed by atoms with Crippen molar-refractivity contribution in [2.24, 2.45) is 5.92 Å². The molecule has 4 atom stereocenters. The zero-order valence-electron chi connectivity index (χ0n) is 20.1. The van der Waals surface area contributed by atoms with E-state index in [9.17, 15) is 31.5 Å². The Labute approximate surface area is 208 Å². The van der Waals surface area contributed by atoms with E-state index >= 15 is 0 Å². The van der Waals surface area contributed by atoms with Crippen LogP contribution in [0.2, 0.25) is 0 Å². The second-order valence-electron chi connectivity index (χ2n) is 9.19. The molecule has 2 saturated heterocycles. The van der Waals surface area contributed by atoms with Gasteiger partial charge in [-0.1, -0.05) is 13.0 Å². The first-order valence-electron chi connectivity index (χ1n) is 11.4. The molecular weight excluding hydrogens is 503 g/mol. The summed E-state index contributed by atoms with van der Waals surface area (Å²) < 4.78 is 80.8. The van der Waals surface area contributed by atoms with Crippen molar-refractivity contribution in [2.75, 3.05) is 25.5 Å². The number of methoxy groups -OCH3 is 1. The van der Waals surface area contributed by atoms with E-state index < -0.39 is 58.9 Å². The lowest BCUT2D eigenvalue weighted by atomic mass is 9.77. The molecule has 0 spiro atoms. The molecule has 3 N–H and O–H groups in total. The second-order valence-corrected chi connectivity index (χ2v) is 9.19. The van der Waals surface area contributed by atoms with E-state index in [0.717, 1.165) is 26.2 Å². The van der Waals surface area contributed by atoms with Crippen molar-refractivity contribution in [2.45, 2.75) is 43.7 Å². The Kier molecular flexibility index (Phi) is 7.12. The number of aromatic nitrogens is 1. The van der Waals surface area contributed by atoms with Gasteiger partial charge in [0.2, 0.25) is 5.82 Å². The Morgan fingerprint density at radius 3 is 2.51 bits per heavy atom. The van der Waals surface area contributed by atoms with Gasteiger partial charge in [-0.2, -0.15) is 17.6 Å². The lowest BCUT2D eigenvalue weighted by Crippen LogP contribution is -2.57. The summed E-state index contributed by atoms with van der Waals surface area (Å²) in [5, 5.41) is 8.21. The minimum atomic E-state index is -4.89. The van der Waals surface area contributed by atoms with Crippen molar-refractivity contribution in [3.63, 3.8) is 0 Å². The van der Waals surface area contributed by atoms with Gasteiger partial charge in [-0.25, -0.2) is 4.39 Å². The molecular formula is C24H25F5N4O4. The number of amides is 2.